The van der Waals surface area contributed by atoms with Crippen LogP contribution in [0.3, 0.4) is 0 Å². The van der Waals surface area contributed by atoms with Gasteiger partial charge in [-0.15, -0.1) is 0 Å². The van der Waals surface area contributed by atoms with Gasteiger partial charge in [0.1, 0.15) is 17.3 Å². The number of amides is 1. The van der Waals surface area contributed by atoms with Gasteiger partial charge in [-0.3, -0.25) is 4.79 Å². The Morgan fingerprint density at radius 1 is 0.909 bits per heavy atom. The number of benzene rings is 2. The van der Waals surface area contributed by atoms with Crippen LogP contribution in [-0.4, -0.2) is 38.2 Å². The van der Waals surface area contributed by atoms with Crippen LogP contribution < -0.4 is 20.5 Å². The number of nitrogens with one attached hydrogen (secondary N) is 1. The number of nitrogens with zero attached hydrogens (tertiary/aromatic N) is 1. The van der Waals surface area contributed by atoms with Crippen LogP contribution in [0.4, 0.5) is 11.5 Å². The van der Waals surface area contributed by atoms with Crippen molar-refractivity contribution < 1.29 is 23.8 Å². The Morgan fingerprint density at radius 2 is 1.55 bits per heavy atom. The minimum Gasteiger partial charge on any atom is -0.497 e. The van der Waals surface area contributed by atoms with Crippen molar-refractivity contribution in [3.63, 3.8) is 0 Å². The first-order valence-electron chi connectivity index (χ1n) is 9.85. The fourth-order valence-electron chi connectivity index (χ4n) is 2.92. The van der Waals surface area contributed by atoms with Crippen LogP contribution in [0.2, 0.25) is 0 Å². The lowest BCUT2D eigenvalue weighted by Gasteiger charge is -2.10. The van der Waals surface area contributed by atoms with Crippen molar-refractivity contribution in [1.29, 1.82) is 0 Å². The van der Waals surface area contributed by atoms with Gasteiger partial charge in [0.25, 0.3) is 5.91 Å². The SMILES string of the molecule is COC(=O)c1cnc(N)c(C#Cc2cc(C(=O)Nc3cc(OC)cc(OC)c3)ccc2C)c1. The van der Waals surface area contributed by atoms with Crippen LogP contribution >= 0.6 is 0 Å². The molecule has 0 unspecified atom stereocenters. The third kappa shape index (κ3) is 5.60. The van der Waals surface area contributed by atoms with E-state index >= 15 is 0 Å². The summed E-state index contributed by atoms with van der Waals surface area (Å²) in [6, 6.07) is 11.8. The van der Waals surface area contributed by atoms with E-state index in [2.05, 4.69) is 22.1 Å². The van der Waals surface area contributed by atoms with Crippen LogP contribution in [0.25, 0.3) is 0 Å². The van der Waals surface area contributed by atoms with E-state index in [0.717, 1.165) is 5.56 Å². The molecular weight excluding hydrogens is 422 g/mol. The molecule has 2 aromatic carbocycles. The van der Waals surface area contributed by atoms with Crippen molar-refractivity contribution >= 4 is 23.4 Å². The van der Waals surface area contributed by atoms with E-state index in [0.29, 0.717) is 33.9 Å². The molecule has 0 aliphatic carbocycles. The molecule has 0 aliphatic rings. The lowest BCUT2D eigenvalue weighted by Crippen LogP contribution is -2.12. The van der Waals surface area contributed by atoms with Crippen molar-refractivity contribution in [3.05, 3.63) is 76.5 Å². The first-order chi connectivity index (χ1) is 15.8. The fourth-order valence-corrected chi connectivity index (χ4v) is 2.92. The molecule has 0 fully saturated rings. The van der Waals surface area contributed by atoms with Gasteiger partial charge < -0.3 is 25.3 Å². The topological polar surface area (TPSA) is 113 Å². The summed E-state index contributed by atoms with van der Waals surface area (Å²) in [5.74, 6) is 6.38. The van der Waals surface area contributed by atoms with E-state index in [-0.39, 0.29) is 17.3 Å². The lowest BCUT2D eigenvalue weighted by molar-refractivity contribution is 0.0600. The molecule has 168 valence electrons. The summed E-state index contributed by atoms with van der Waals surface area (Å²) >= 11 is 0. The maximum atomic E-state index is 12.8. The second-order valence-corrected chi connectivity index (χ2v) is 6.98. The zero-order chi connectivity index (χ0) is 24.0. The molecule has 0 aliphatic heterocycles. The Bertz CT molecular complexity index is 1250. The van der Waals surface area contributed by atoms with E-state index in [1.165, 1.54) is 33.6 Å². The molecule has 3 aromatic rings. The van der Waals surface area contributed by atoms with Gasteiger partial charge in [-0.25, -0.2) is 9.78 Å². The Morgan fingerprint density at radius 3 is 2.18 bits per heavy atom. The second kappa shape index (κ2) is 10.2. The summed E-state index contributed by atoms with van der Waals surface area (Å²) in [7, 11) is 4.36. The zero-order valence-electron chi connectivity index (χ0n) is 18.7. The quantitative estimate of drug-likeness (QED) is 0.457. The van der Waals surface area contributed by atoms with Gasteiger partial charge >= 0.3 is 5.97 Å². The number of aromatic nitrogens is 1. The maximum Gasteiger partial charge on any atom is 0.339 e. The maximum absolute atomic E-state index is 12.8. The number of carbonyl (C=O) groups is 2. The fraction of sp³-hybridized carbons (Fsp3) is 0.160. The normalized spacial score (nSPS) is 9.94. The van der Waals surface area contributed by atoms with E-state index in [4.69, 9.17) is 19.9 Å². The Kier molecular flexibility index (Phi) is 7.16. The average molecular weight is 445 g/mol. The van der Waals surface area contributed by atoms with Crippen molar-refractivity contribution in [3.8, 4) is 23.3 Å². The number of rotatable bonds is 5. The minimum absolute atomic E-state index is 0.189. The highest BCUT2D eigenvalue weighted by Gasteiger charge is 2.11. The molecule has 0 saturated carbocycles. The summed E-state index contributed by atoms with van der Waals surface area (Å²) in [5, 5.41) is 2.84. The van der Waals surface area contributed by atoms with Gasteiger partial charge in [-0.2, -0.15) is 0 Å². The average Bonchev–Trinajstić information content (AvgIpc) is 2.83. The molecule has 0 atom stereocenters. The van der Waals surface area contributed by atoms with Gasteiger partial charge in [0.05, 0.1) is 32.5 Å². The molecule has 0 saturated heterocycles. The van der Waals surface area contributed by atoms with Crippen LogP contribution in [0.5, 0.6) is 11.5 Å². The van der Waals surface area contributed by atoms with Crippen LogP contribution in [0.15, 0.2) is 48.7 Å². The molecule has 0 spiro atoms. The first kappa shape index (κ1) is 23.2. The molecule has 3 N–H and O–H groups in total. The number of hydrogen-bond donors (Lipinski definition) is 2. The van der Waals surface area contributed by atoms with Crippen molar-refractivity contribution in [2.75, 3.05) is 32.4 Å². The summed E-state index contributed by atoms with van der Waals surface area (Å²) in [5.41, 5.74) is 8.98. The third-order valence-corrected chi connectivity index (χ3v) is 4.78. The monoisotopic (exact) mass is 445 g/mol. The highest BCUT2D eigenvalue weighted by atomic mass is 16.5. The highest BCUT2D eigenvalue weighted by molar-refractivity contribution is 6.04. The Labute approximate surface area is 191 Å². The van der Waals surface area contributed by atoms with Gasteiger partial charge in [0, 0.05) is 41.2 Å². The first-order valence-corrected chi connectivity index (χ1v) is 9.85. The molecule has 0 radical (unpaired) electrons. The zero-order valence-corrected chi connectivity index (χ0v) is 18.7. The van der Waals surface area contributed by atoms with E-state index < -0.39 is 5.97 Å². The Balaban J connectivity index is 1.88. The summed E-state index contributed by atoms with van der Waals surface area (Å²) in [4.78, 5) is 28.6. The molecule has 8 nitrogen and oxygen atoms in total. The van der Waals surface area contributed by atoms with E-state index in [1.54, 1.807) is 36.4 Å². The molecule has 33 heavy (non-hydrogen) atoms. The number of hydrogen-bond acceptors (Lipinski definition) is 7. The number of nitrogens with two attached hydrogens (primary N) is 1. The lowest BCUT2D eigenvalue weighted by atomic mass is 10.0. The molecule has 3 rings (SSSR count). The number of pyridine rings is 1. The van der Waals surface area contributed by atoms with Crippen LogP contribution in [0.1, 0.15) is 37.4 Å². The van der Waals surface area contributed by atoms with E-state index in [9.17, 15) is 9.59 Å². The summed E-state index contributed by atoms with van der Waals surface area (Å²) < 4.78 is 15.2. The number of carbonyl (C=O) groups excluding carboxylic acids is 2. The number of aryl methyl sites for hydroxylation is 1. The van der Waals surface area contributed by atoms with Gasteiger partial charge in [0.15, 0.2) is 0 Å². The number of nitrogen functional groups attached to an aromatic ring is 1. The van der Waals surface area contributed by atoms with E-state index in [1.807, 2.05) is 6.92 Å². The van der Waals surface area contributed by atoms with Crippen LogP contribution in [-0.2, 0) is 4.74 Å². The standard InChI is InChI=1S/C25H23N3O5/c1-15-5-6-18(24(29)28-20-11-21(31-2)13-22(12-20)32-3)9-16(15)7-8-17-10-19(25(30)33-4)14-27-23(17)26/h5-6,9-14H,1-4H3,(H2,26,27)(H,28,29). The highest BCUT2D eigenvalue weighted by Crippen LogP contribution is 2.26. The number of esters is 1. The van der Waals surface area contributed by atoms with Gasteiger partial charge in [-0.05, 0) is 30.7 Å². The van der Waals surface area contributed by atoms with Crippen molar-refractivity contribution in [2.45, 2.75) is 6.92 Å². The predicted octanol–water partition coefficient (Wildman–Crippen LogP) is 3.43. The predicted molar refractivity (Wildman–Crippen MR) is 125 cm³/mol. The largest absolute Gasteiger partial charge is 0.497 e. The van der Waals surface area contributed by atoms with Crippen molar-refractivity contribution in [2.24, 2.45) is 0 Å². The smallest absolute Gasteiger partial charge is 0.339 e. The molecule has 1 aromatic heterocycles. The summed E-state index contributed by atoms with van der Waals surface area (Å²) in [6.07, 6.45) is 1.33. The van der Waals surface area contributed by atoms with Crippen molar-refractivity contribution in [1.82, 2.24) is 4.98 Å². The molecule has 8 heteroatoms. The molecular formula is C25H23N3O5. The molecule has 0 bridgehead atoms. The molecule has 1 heterocycles. The number of methoxy groups -OCH3 is 3. The molecule has 1 amide bonds. The third-order valence-electron chi connectivity index (χ3n) is 4.78. The van der Waals surface area contributed by atoms with Gasteiger partial charge in [-0.1, -0.05) is 17.9 Å². The van der Waals surface area contributed by atoms with Gasteiger partial charge in [0.2, 0.25) is 0 Å². The minimum atomic E-state index is -0.533. The Hall–Kier alpha value is -4.51. The summed E-state index contributed by atoms with van der Waals surface area (Å²) in [6.45, 7) is 1.88. The second-order valence-electron chi connectivity index (χ2n) is 6.98. The van der Waals surface area contributed by atoms with Crippen LogP contribution in [0, 0.1) is 18.8 Å². The number of ether oxygens (including phenoxy) is 3. The number of anilines is 2.